The van der Waals surface area contributed by atoms with Crippen LogP contribution in [0.15, 0.2) is 47.5 Å². The highest BCUT2D eigenvalue weighted by atomic mass is 35.5. The second kappa shape index (κ2) is 11.2. The number of nitrogens with zero attached hydrogens (tertiary/aromatic N) is 3. The predicted octanol–water partition coefficient (Wildman–Crippen LogP) is 1.50. The monoisotopic (exact) mass is 474 g/mol. The van der Waals surface area contributed by atoms with Crippen molar-refractivity contribution in [3.8, 4) is 0 Å². The number of carbonyl (C=O) groups is 2. The second-order valence-electron chi connectivity index (χ2n) is 7.61. The van der Waals surface area contributed by atoms with Gasteiger partial charge in [0.15, 0.2) is 6.10 Å². The van der Waals surface area contributed by atoms with Crippen LogP contribution in [0.4, 0.5) is 5.69 Å². The molecule has 5 N–H and O–H groups in total. The smallest absolute Gasteiger partial charge is 0.280 e. The lowest BCUT2D eigenvalue weighted by atomic mass is 10.1. The van der Waals surface area contributed by atoms with Crippen LogP contribution in [0.5, 0.6) is 0 Å². The van der Waals surface area contributed by atoms with E-state index in [9.17, 15) is 14.7 Å². The summed E-state index contributed by atoms with van der Waals surface area (Å²) >= 11 is 6.10. The molecule has 3 rings (SSSR count). The van der Waals surface area contributed by atoms with Gasteiger partial charge in [-0.25, -0.2) is 10.1 Å². The van der Waals surface area contributed by atoms with Gasteiger partial charge in [-0.15, -0.1) is 0 Å². The van der Waals surface area contributed by atoms with Crippen LogP contribution in [0.3, 0.4) is 0 Å². The first kappa shape index (κ1) is 24.6. The van der Waals surface area contributed by atoms with Crippen molar-refractivity contribution in [1.82, 2.24) is 20.9 Å². The van der Waals surface area contributed by atoms with E-state index in [1.807, 2.05) is 13.0 Å². The Hall–Kier alpha value is -3.02. The van der Waals surface area contributed by atoms with Crippen molar-refractivity contribution in [3.05, 3.63) is 64.2 Å². The highest BCUT2D eigenvalue weighted by molar-refractivity contribution is 6.30. The van der Waals surface area contributed by atoms with Crippen LogP contribution in [-0.2, 0) is 21.0 Å². The third-order valence-corrected chi connectivity index (χ3v) is 5.21. The number of aryl methyl sites for hydroxylation is 1. The summed E-state index contributed by atoms with van der Waals surface area (Å²) in [5.74, 6) is 4.38. The third kappa shape index (κ3) is 6.50. The van der Waals surface area contributed by atoms with Crippen molar-refractivity contribution in [2.45, 2.75) is 32.0 Å². The van der Waals surface area contributed by atoms with Crippen LogP contribution in [0.1, 0.15) is 29.2 Å². The van der Waals surface area contributed by atoms with Crippen molar-refractivity contribution in [3.63, 3.8) is 0 Å². The van der Waals surface area contributed by atoms with E-state index in [-0.39, 0.29) is 13.2 Å². The Morgan fingerprint density at radius 1 is 1.39 bits per heavy atom. The topological polar surface area (TPSA) is 133 Å². The van der Waals surface area contributed by atoms with Crippen LogP contribution >= 0.6 is 11.6 Å². The van der Waals surface area contributed by atoms with E-state index in [1.54, 1.807) is 43.4 Å². The summed E-state index contributed by atoms with van der Waals surface area (Å²) < 4.78 is 0. The zero-order valence-electron chi connectivity index (χ0n) is 18.4. The molecule has 1 unspecified atom stereocenters. The quantitative estimate of drug-likeness (QED) is 0.197. The molecule has 10 nitrogen and oxygen atoms in total. The van der Waals surface area contributed by atoms with Crippen molar-refractivity contribution in [2.75, 3.05) is 13.7 Å². The number of amides is 2. The summed E-state index contributed by atoms with van der Waals surface area (Å²) in [5, 5.41) is 16.0. The Balaban J connectivity index is 1.67. The lowest BCUT2D eigenvalue weighted by molar-refractivity contribution is -0.187. The number of aliphatic hydroxyl groups is 1. The van der Waals surface area contributed by atoms with Gasteiger partial charge in [0.1, 0.15) is 12.4 Å². The van der Waals surface area contributed by atoms with Gasteiger partial charge in [0.2, 0.25) is 5.91 Å². The average Bonchev–Trinajstić information content (AvgIpc) is 3.27. The van der Waals surface area contributed by atoms with E-state index in [2.05, 4.69) is 15.7 Å². The summed E-state index contributed by atoms with van der Waals surface area (Å²) in [5.41, 5.74) is 5.30. The molecule has 1 fully saturated rings. The van der Waals surface area contributed by atoms with Crippen molar-refractivity contribution >= 4 is 35.4 Å². The molecule has 2 aromatic rings. The molecule has 1 heterocycles. The molecule has 176 valence electrons. The summed E-state index contributed by atoms with van der Waals surface area (Å²) in [4.78, 5) is 35.4. The number of aliphatic hydroxyl groups excluding tert-OH is 1. The molecule has 0 aliphatic carbocycles. The fourth-order valence-corrected chi connectivity index (χ4v) is 3.53. The van der Waals surface area contributed by atoms with Gasteiger partial charge in [-0.3, -0.25) is 25.7 Å². The number of carbonyl (C=O) groups excluding carboxylic acids is 2. The number of hydrogen-bond acceptors (Lipinski definition) is 7. The van der Waals surface area contributed by atoms with E-state index < -0.39 is 24.0 Å². The first-order valence-electron chi connectivity index (χ1n) is 10.3. The zero-order chi connectivity index (χ0) is 24.0. The largest absolute Gasteiger partial charge is 0.378 e. The molecule has 1 aliphatic heterocycles. The fourth-order valence-electron chi connectivity index (χ4n) is 3.34. The number of aliphatic imine (C=N–C) groups is 1. The summed E-state index contributed by atoms with van der Waals surface area (Å²) in [6, 6.07) is 11.2. The first-order valence-corrected chi connectivity index (χ1v) is 10.7. The van der Waals surface area contributed by atoms with Crippen LogP contribution in [-0.4, -0.2) is 53.1 Å². The molecular weight excluding hydrogens is 448 g/mol. The molecule has 0 aromatic heterocycles. The maximum absolute atomic E-state index is 12.9. The number of hydroxylamine groups is 2. The molecule has 11 heteroatoms. The highest BCUT2D eigenvalue weighted by Gasteiger charge is 2.38. The molecule has 1 aliphatic rings. The van der Waals surface area contributed by atoms with E-state index in [1.165, 1.54) is 11.5 Å². The van der Waals surface area contributed by atoms with Gasteiger partial charge < -0.3 is 10.4 Å². The van der Waals surface area contributed by atoms with Crippen molar-refractivity contribution in [1.29, 1.82) is 0 Å². The number of rotatable bonds is 8. The van der Waals surface area contributed by atoms with Gasteiger partial charge in [0.25, 0.3) is 5.91 Å². The van der Waals surface area contributed by atoms with Crippen LogP contribution in [0.25, 0.3) is 0 Å². The number of benzene rings is 2. The van der Waals surface area contributed by atoms with E-state index >= 15 is 0 Å². The first-order chi connectivity index (χ1) is 15.8. The van der Waals surface area contributed by atoms with Crippen LogP contribution in [0.2, 0.25) is 5.02 Å². The maximum Gasteiger partial charge on any atom is 0.280 e. The fraction of sp³-hybridized carbons (Fsp3) is 0.318. The minimum atomic E-state index is -1.43. The zero-order valence-corrected chi connectivity index (χ0v) is 19.1. The Bertz CT molecular complexity index is 1030. The standard InChI is InChI=1S/C22H27ClN6O4/c1-14-4-3-5-15(10-14)20(30)22(32)29-19(8-9-33-29)21(31)25-12-16-11-17(23)6-7-18(16)26-13-27-28(2)24/h3-7,10-11,13,19-20,30H,8-9,12,24H2,1-2H3,(H,25,31)(H,26,27)/t19-,20?/m0/s1. The molecule has 0 bridgehead atoms. The minimum Gasteiger partial charge on any atom is -0.378 e. The van der Waals surface area contributed by atoms with Crippen LogP contribution in [0, 0.1) is 6.92 Å². The van der Waals surface area contributed by atoms with Gasteiger partial charge in [0, 0.05) is 25.0 Å². The maximum atomic E-state index is 12.9. The normalized spacial score (nSPS) is 16.9. The lowest BCUT2D eigenvalue weighted by Gasteiger charge is -2.24. The number of hydrogen-bond donors (Lipinski definition) is 4. The van der Waals surface area contributed by atoms with Crippen molar-refractivity contribution in [2.24, 2.45) is 10.8 Å². The van der Waals surface area contributed by atoms with Gasteiger partial charge in [0.05, 0.1) is 12.3 Å². The predicted molar refractivity (Wildman–Crippen MR) is 124 cm³/mol. The number of hydrazine groups is 2. The molecule has 33 heavy (non-hydrogen) atoms. The number of nitrogens with two attached hydrogens (primary N) is 1. The molecular formula is C22H27ClN6O4. The Morgan fingerprint density at radius 2 is 2.18 bits per heavy atom. The molecule has 2 atom stereocenters. The highest BCUT2D eigenvalue weighted by Crippen LogP contribution is 2.25. The third-order valence-electron chi connectivity index (χ3n) is 4.98. The van der Waals surface area contributed by atoms with E-state index in [4.69, 9.17) is 22.3 Å². The van der Waals surface area contributed by atoms with Crippen molar-refractivity contribution < 1.29 is 19.5 Å². The van der Waals surface area contributed by atoms with E-state index in [0.29, 0.717) is 28.3 Å². The second-order valence-corrected chi connectivity index (χ2v) is 8.04. The molecule has 2 aromatic carbocycles. The lowest BCUT2D eigenvalue weighted by Crippen LogP contribution is -2.46. The molecule has 0 saturated carbocycles. The number of nitrogens with one attached hydrogen (secondary N) is 2. The van der Waals surface area contributed by atoms with E-state index in [0.717, 1.165) is 10.6 Å². The molecule has 0 radical (unpaired) electrons. The summed E-state index contributed by atoms with van der Waals surface area (Å²) in [6.45, 7) is 2.18. The van der Waals surface area contributed by atoms with Gasteiger partial charge in [-0.1, -0.05) is 41.4 Å². The molecule has 2 amide bonds. The Kier molecular flexibility index (Phi) is 8.37. The SMILES string of the molecule is Cc1cccc(C(O)C(=O)N2OCC[C@H]2C(=O)NCc2cc(Cl)ccc2N=CNN(C)N)c1. The molecule has 1 saturated heterocycles. The molecule has 0 spiro atoms. The van der Waals surface area contributed by atoms with Gasteiger partial charge >= 0.3 is 0 Å². The van der Waals surface area contributed by atoms with Gasteiger partial charge in [-0.05, 0) is 36.2 Å². The number of halogens is 1. The summed E-state index contributed by atoms with van der Waals surface area (Å²) in [6.07, 6.45) is 0.290. The average molecular weight is 475 g/mol. The summed E-state index contributed by atoms with van der Waals surface area (Å²) in [7, 11) is 1.61. The van der Waals surface area contributed by atoms with Crippen LogP contribution < -0.4 is 16.6 Å². The minimum absolute atomic E-state index is 0.128. The Labute approximate surface area is 196 Å². The Morgan fingerprint density at radius 3 is 2.91 bits per heavy atom. The van der Waals surface area contributed by atoms with Gasteiger partial charge in [-0.2, -0.15) is 5.12 Å².